The minimum Gasteiger partial charge on any atom is -0.399 e. The summed E-state index contributed by atoms with van der Waals surface area (Å²) in [6, 6.07) is 14.9. The molecule has 4 rings (SSSR count). The number of ketones is 1. The van der Waals surface area contributed by atoms with Crippen LogP contribution in [0.1, 0.15) is 6.42 Å². The van der Waals surface area contributed by atoms with Gasteiger partial charge >= 0.3 is 0 Å². The molecular weight excluding hydrogens is 402 g/mol. The Morgan fingerprint density at radius 1 is 0.969 bits per heavy atom. The second-order valence-electron chi connectivity index (χ2n) is 7.39. The van der Waals surface area contributed by atoms with E-state index >= 15 is 0 Å². The van der Waals surface area contributed by atoms with Gasteiger partial charge in [0.1, 0.15) is 0 Å². The van der Waals surface area contributed by atoms with Gasteiger partial charge in [0, 0.05) is 48.6 Å². The summed E-state index contributed by atoms with van der Waals surface area (Å²) in [6.45, 7) is 1.77. The SMILES string of the molecule is NC1=CC(=O)C(Nc2ccc(NCCCn3ccnc3)cc2)=CC1=Nc1ccc(N)cc1. The maximum Gasteiger partial charge on any atom is 0.204 e. The lowest BCUT2D eigenvalue weighted by Gasteiger charge is -2.15. The highest BCUT2D eigenvalue weighted by atomic mass is 16.1. The van der Waals surface area contributed by atoms with Gasteiger partial charge in [-0.1, -0.05) is 0 Å². The molecule has 32 heavy (non-hydrogen) atoms. The molecule has 6 N–H and O–H groups in total. The number of allylic oxidation sites excluding steroid dienone is 2. The van der Waals surface area contributed by atoms with Crippen molar-refractivity contribution in [3.05, 3.63) is 90.8 Å². The van der Waals surface area contributed by atoms with E-state index in [2.05, 4.69) is 25.2 Å². The molecule has 8 heteroatoms. The first-order valence-electron chi connectivity index (χ1n) is 10.3. The van der Waals surface area contributed by atoms with E-state index in [1.165, 1.54) is 6.08 Å². The molecule has 1 aliphatic carbocycles. The summed E-state index contributed by atoms with van der Waals surface area (Å²) < 4.78 is 2.05. The molecule has 0 unspecified atom stereocenters. The average molecular weight is 428 g/mol. The van der Waals surface area contributed by atoms with E-state index in [0.717, 1.165) is 30.9 Å². The third-order valence-electron chi connectivity index (χ3n) is 4.92. The van der Waals surface area contributed by atoms with Crippen LogP contribution in [0.2, 0.25) is 0 Å². The fourth-order valence-corrected chi connectivity index (χ4v) is 3.21. The smallest absolute Gasteiger partial charge is 0.204 e. The summed E-state index contributed by atoms with van der Waals surface area (Å²) in [5.41, 5.74) is 16.2. The van der Waals surface area contributed by atoms with E-state index in [0.29, 0.717) is 28.5 Å². The molecule has 0 amide bonds. The number of aliphatic imine (C=N–C) groups is 1. The molecule has 3 aromatic rings. The monoisotopic (exact) mass is 427 g/mol. The molecule has 1 aliphatic rings. The Bertz CT molecular complexity index is 1160. The molecule has 0 radical (unpaired) electrons. The van der Waals surface area contributed by atoms with E-state index < -0.39 is 0 Å². The molecule has 0 aliphatic heterocycles. The van der Waals surface area contributed by atoms with Gasteiger partial charge in [-0.2, -0.15) is 0 Å². The van der Waals surface area contributed by atoms with Gasteiger partial charge in [-0.25, -0.2) is 9.98 Å². The van der Waals surface area contributed by atoms with Crippen LogP contribution in [-0.4, -0.2) is 27.6 Å². The number of aryl methyl sites for hydroxylation is 1. The topological polar surface area (TPSA) is 123 Å². The second-order valence-corrected chi connectivity index (χ2v) is 7.39. The van der Waals surface area contributed by atoms with Crippen molar-refractivity contribution in [3.63, 3.8) is 0 Å². The third kappa shape index (κ3) is 5.42. The lowest BCUT2D eigenvalue weighted by molar-refractivity contribution is -0.111. The fraction of sp³-hybridized carbons (Fsp3) is 0.125. The lowest BCUT2D eigenvalue weighted by Crippen LogP contribution is -2.22. The molecule has 2 aromatic carbocycles. The van der Waals surface area contributed by atoms with Crippen LogP contribution in [0.4, 0.5) is 22.7 Å². The van der Waals surface area contributed by atoms with Crippen molar-refractivity contribution in [2.24, 2.45) is 10.7 Å². The summed E-state index contributed by atoms with van der Waals surface area (Å²) in [5, 5.41) is 6.56. The molecule has 0 atom stereocenters. The summed E-state index contributed by atoms with van der Waals surface area (Å²) in [4.78, 5) is 21.0. The Hall–Kier alpha value is -4.33. The predicted octanol–water partition coefficient (Wildman–Crippen LogP) is 3.46. The minimum absolute atomic E-state index is 0.194. The number of carbonyl (C=O) groups is 1. The molecule has 0 saturated heterocycles. The highest BCUT2D eigenvalue weighted by molar-refractivity contribution is 6.23. The Morgan fingerprint density at radius 2 is 1.72 bits per heavy atom. The maximum atomic E-state index is 12.4. The first-order valence-corrected chi connectivity index (χ1v) is 10.3. The number of nitrogens with two attached hydrogens (primary N) is 2. The van der Waals surface area contributed by atoms with Gasteiger partial charge in [-0.15, -0.1) is 0 Å². The number of benzene rings is 2. The van der Waals surface area contributed by atoms with Crippen LogP contribution >= 0.6 is 0 Å². The van der Waals surface area contributed by atoms with Crippen LogP contribution in [0.5, 0.6) is 0 Å². The number of anilines is 3. The molecule has 0 saturated carbocycles. The first kappa shape index (κ1) is 20.9. The number of imidazole rings is 1. The van der Waals surface area contributed by atoms with E-state index in [1.807, 2.05) is 36.8 Å². The van der Waals surface area contributed by atoms with Gasteiger partial charge in [0.2, 0.25) is 5.78 Å². The van der Waals surface area contributed by atoms with Gasteiger partial charge in [-0.3, -0.25) is 4.79 Å². The van der Waals surface area contributed by atoms with Crippen molar-refractivity contribution in [1.29, 1.82) is 0 Å². The summed E-state index contributed by atoms with van der Waals surface area (Å²) >= 11 is 0. The highest BCUT2D eigenvalue weighted by Crippen LogP contribution is 2.20. The molecule has 1 aromatic heterocycles. The van der Waals surface area contributed by atoms with Crippen molar-refractivity contribution in [3.8, 4) is 0 Å². The standard InChI is InChI=1S/C24H25N7O/c25-17-2-4-19(5-3-17)29-22-15-23(24(32)14-21(22)26)30-20-8-6-18(7-9-20)28-10-1-12-31-13-11-27-16-31/h2-9,11,13-16,28,30H,1,10,12,25-26H2. The van der Waals surface area contributed by atoms with Gasteiger partial charge in [0.15, 0.2) is 0 Å². The van der Waals surface area contributed by atoms with E-state index in [9.17, 15) is 4.79 Å². The van der Waals surface area contributed by atoms with Gasteiger partial charge in [0.05, 0.1) is 29.1 Å². The second kappa shape index (κ2) is 9.65. The Kier molecular flexibility index (Phi) is 6.31. The first-order chi connectivity index (χ1) is 15.6. The predicted molar refractivity (Wildman–Crippen MR) is 129 cm³/mol. The third-order valence-corrected chi connectivity index (χ3v) is 4.92. The number of rotatable bonds is 8. The average Bonchev–Trinajstić information content (AvgIpc) is 3.31. The van der Waals surface area contributed by atoms with Gasteiger partial charge < -0.3 is 26.7 Å². The summed E-state index contributed by atoms with van der Waals surface area (Å²) in [7, 11) is 0. The molecule has 8 nitrogen and oxygen atoms in total. The van der Waals surface area contributed by atoms with Crippen LogP contribution < -0.4 is 22.1 Å². The minimum atomic E-state index is -0.194. The fourth-order valence-electron chi connectivity index (χ4n) is 3.21. The van der Waals surface area contributed by atoms with Crippen molar-refractivity contribution in [2.45, 2.75) is 13.0 Å². The number of hydrogen-bond acceptors (Lipinski definition) is 7. The van der Waals surface area contributed by atoms with Crippen LogP contribution in [0.15, 0.2) is 95.8 Å². The van der Waals surface area contributed by atoms with Gasteiger partial charge in [0.25, 0.3) is 0 Å². The van der Waals surface area contributed by atoms with Crippen LogP contribution in [0, 0.1) is 0 Å². The molecule has 1 heterocycles. The number of nitrogens with zero attached hydrogens (tertiary/aromatic N) is 3. The molecule has 0 spiro atoms. The van der Waals surface area contributed by atoms with E-state index in [4.69, 9.17) is 11.5 Å². The quantitative estimate of drug-likeness (QED) is 0.248. The van der Waals surface area contributed by atoms with Crippen LogP contribution in [0.25, 0.3) is 0 Å². The van der Waals surface area contributed by atoms with E-state index in [-0.39, 0.29) is 5.78 Å². The largest absolute Gasteiger partial charge is 0.399 e. The van der Waals surface area contributed by atoms with Crippen LogP contribution in [0.3, 0.4) is 0 Å². The summed E-state index contributed by atoms with van der Waals surface area (Å²) in [5.74, 6) is -0.194. The maximum absolute atomic E-state index is 12.4. The number of carbonyl (C=O) groups excluding carboxylic acids is 1. The zero-order valence-electron chi connectivity index (χ0n) is 17.5. The number of nitrogen functional groups attached to an aromatic ring is 1. The lowest BCUT2D eigenvalue weighted by atomic mass is 10.1. The van der Waals surface area contributed by atoms with Crippen LogP contribution in [-0.2, 0) is 11.3 Å². The van der Waals surface area contributed by atoms with Crippen molar-refractivity contribution >= 4 is 34.2 Å². The zero-order chi connectivity index (χ0) is 22.3. The number of aromatic nitrogens is 2. The van der Waals surface area contributed by atoms with Crippen molar-refractivity contribution in [2.75, 3.05) is 22.9 Å². The molecule has 0 bridgehead atoms. The highest BCUT2D eigenvalue weighted by Gasteiger charge is 2.17. The molecular formula is C24H25N7O. The number of nitrogens with one attached hydrogen (secondary N) is 2. The van der Waals surface area contributed by atoms with Crippen molar-refractivity contribution in [1.82, 2.24) is 9.55 Å². The molecule has 0 fully saturated rings. The van der Waals surface area contributed by atoms with Crippen molar-refractivity contribution < 1.29 is 4.79 Å². The van der Waals surface area contributed by atoms with E-state index in [1.54, 1.807) is 36.5 Å². The Morgan fingerprint density at radius 3 is 2.44 bits per heavy atom. The molecule has 162 valence electrons. The Labute approximate surface area is 186 Å². The summed E-state index contributed by atoms with van der Waals surface area (Å²) in [6.07, 6.45) is 9.59. The zero-order valence-corrected chi connectivity index (χ0v) is 17.5. The van der Waals surface area contributed by atoms with Gasteiger partial charge in [-0.05, 0) is 61.0 Å². The Balaban J connectivity index is 1.37. The normalized spacial score (nSPS) is 14.8. The number of hydrogen-bond donors (Lipinski definition) is 4.